The van der Waals surface area contributed by atoms with Crippen LogP contribution in [0.15, 0.2) is 0 Å². The van der Waals surface area contributed by atoms with E-state index in [0.717, 1.165) is 5.92 Å². The SMILES string of the molecule is CCCCCCCCCCN(CCCCCCCCCC)CCCCCCCCCCCCCC(C)C. The van der Waals surface area contributed by atoms with E-state index < -0.39 is 0 Å². The van der Waals surface area contributed by atoms with Gasteiger partial charge in [0.05, 0.1) is 0 Å². The molecule has 37 heavy (non-hydrogen) atoms. The van der Waals surface area contributed by atoms with E-state index in [-0.39, 0.29) is 0 Å². The Balaban J connectivity index is 3.80. The molecule has 0 aliphatic heterocycles. The quantitative estimate of drug-likeness (QED) is 0.0795. The molecule has 0 radical (unpaired) electrons. The van der Waals surface area contributed by atoms with E-state index in [4.69, 9.17) is 0 Å². The van der Waals surface area contributed by atoms with Crippen molar-refractivity contribution in [1.82, 2.24) is 4.90 Å². The predicted molar refractivity (Wildman–Crippen MR) is 172 cm³/mol. The van der Waals surface area contributed by atoms with Crippen molar-refractivity contribution in [3.63, 3.8) is 0 Å². The van der Waals surface area contributed by atoms with Crippen LogP contribution in [0.2, 0.25) is 0 Å². The fourth-order valence-corrected chi connectivity index (χ4v) is 5.75. The summed E-state index contributed by atoms with van der Waals surface area (Å²) in [6.07, 6.45) is 40.7. The van der Waals surface area contributed by atoms with Crippen LogP contribution >= 0.6 is 0 Å². The molecule has 0 heterocycles. The summed E-state index contributed by atoms with van der Waals surface area (Å²) in [5.41, 5.74) is 0. The predicted octanol–water partition coefficient (Wildman–Crippen LogP) is 12.9. The molecule has 0 unspecified atom stereocenters. The van der Waals surface area contributed by atoms with Crippen LogP contribution in [0.5, 0.6) is 0 Å². The molecule has 0 aliphatic carbocycles. The highest BCUT2D eigenvalue weighted by molar-refractivity contribution is 4.61. The highest BCUT2D eigenvalue weighted by Crippen LogP contribution is 2.15. The maximum Gasteiger partial charge on any atom is -0.00187 e. The maximum atomic E-state index is 2.84. The van der Waals surface area contributed by atoms with Gasteiger partial charge in [0, 0.05) is 0 Å². The van der Waals surface area contributed by atoms with Crippen LogP contribution in [0.4, 0.5) is 0 Å². The number of hydrogen-bond donors (Lipinski definition) is 0. The molecular formula is C36H75N. The zero-order chi connectivity index (χ0) is 27.1. The van der Waals surface area contributed by atoms with E-state index in [1.54, 1.807) is 0 Å². The Labute approximate surface area is 237 Å². The molecule has 0 saturated heterocycles. The normalized spacial score (nSPS) is 11.8. The lowest BCUT2D eigenvalue weighted by atomic mass is 10.0. The molecular weight excluding hydrogens is 446 g/mol. The van der Waals surface area contributed by atoms with Crippen LogP contribution in [0.1, 0.15) is 207 Å². The standard InChI is InChI=1S/C36H75N/c1-5-7-9-11-13-21-25-29-33-37(34-30-26-22-14-12-10-8-6-2)35-31-27-23-19-17-15-16-18-20-24-28-32-36(3)4/h36H,5-35H2,1-4H3. The van der Waals surface area contributed by atoms with Gasteiger partial charge in [0.1, 0.15) is 0 Å². The summed E-state index contributed by atoms with van der Waals surface area (Å²) < 4.78 is 0. The highest BCUT2D eigenvalue weighted by Gasteiger charge is 2.05. The number of nitrogens with zero attached hydrogens (tertiary/aromatic N) is 1. The monoisotopic (exact) mass is 522 g/mol. The summed E-state index contributed by atoms with van der Waals surface area (Å²) >= 11 is 0. The fraction of sp³-hybridized carbons (Fsp3) is 1.00. The second kappa shape index (κ2) is 32.2. The fourth-order valence-electron chi connectivity index (χ4n) is 5.75. The lowest BCUT2D eigenvalue weighted by Crippen LogP contribution is -2.27. The lowest BCUT2D eigenvalue weighted by molar-refractivity contribution is 0.254. The van der Waals surface area contributed by atoms with Gasteiger partial charge in [-0.3, -0.25) is 0 Å². The molecule has 0 N–H and O–H groups in total. The van der Waals surface area contributed by atoms with Crippen molar-refractivity contribution >= 4 is 0 Å². The summed E-state index contributed by atoms with van der Waals surface area (Å²) in [6, 6.07) is 0. The van der Waals surface area contributed by atoms with E-state index in [1.807, 2.05) is 0 Å². The molecule has 0 bridgehead atoms. The van der Waals surface area contributed by atoms with Crippen LogP contribution in [-0.2, 0) is 0 Å². The topological polar surface area (TPSA) is 3.24 Å². The minimum atomic E-state index is 0.891. The largest absolute Gasteiger partial charge is 0.303 e. The van der Waals surface area contributed by atoms with Crippen molar-refractivity contribution in [3.05, 3.63) is 0 Å². The highest BCUT2D eigenvalue weighted by atomic mass is 15.1. The zero-order valence-electron chi connectivity index (χ0n) is 26.9. The van der Waals surface area contributed by atoms with Gasteiger partial charge in [-0.05, 0) is 44.8 Å². The van der Waals surface area contributed by atoms with Gasteiger partial charge in [-0.25, -0.2) is 0 Å². The molecule has 0 aromatic heterocycles. The minimum absolute atomic E-state index is 0.891. The summed E-state index contributed by atoms with van der Waals surface area (Å²) in [7, 11) is 0. The van der Waals surface area contributed by atoms with Gasteiger partial charge >= 0.3 is 0 Å². The number of hydrogen-bond acceptors (Lipinski definition) is 1. The summed E-state index contributed by atoms with van der Waals surface area (Å²) in [4.78, 5) is 2.84. The first-order valence-electron chi connectivity index (χ1n) is 17.9. The van der Waals surface area contributed by atoms with Gasteiger partial charge < -0.3 is 4.90 Å². The molecule has 0 aromatic rings. The molecule has 1 heteroatoms. The third kappa shape index (κ3) is 32.1. The zero-order valence-corrected chi connectivity index (χ0v) is 26.9. The van der Waals surface area contributed by atoms with E-state index in [0.29, 0.717) is 0 Å². The van der Waals surface area contributed by atoms with Crippen LogP contribution < -0.4 is 0 Å². The van der Waals surface area contributed by atoms with Gasteiger partial charge in [-0.15, -0.1) is 0 Å². The third-order valence-corrected chi connectivity index (χ3v) is 8.41. The summed E-state index contributed by atoms with van der Waals surface area (Å²) in [5.74, 6) is 0.891. The van der Waals surface area contributed by atoms with Gasteiger partial charge in [-0.2, -0.15) is 0 Å². The van der Waals surface area contributed by atoms with Crippen molar-refractivity contribution < 1.29 is 0 Å². The first-order valence-corrected chi connectivity index (χ1v) is 17.9. The minimum Gasteiger partial charge on any atom is -0.303 e. The number of unbranched alkanes of at least 4 members (excludes halogenated alkanes) is 24. The van der Waals surface area contributed by atoms with E-state index in [2.05, 4.69) is 32.6 Å². The van der Waals surface area contributed by atoms with Crippen LogP contribution in [0.25, 0.3) is 0 Å². The Hall–Kier alpha value is -0.0400. The van der Waals surface area contributed by atoms with Gasteiger partial charge in [0.2, 0.25) is 0 Å². The van der Waals surface area contributed by atoms with Crippen molar-refractivity contribution in [3.8, 4) is 0 Å². The Morgan fingerprint density at radius 3 is 0.838 bits per heavy atom. The Kier molecular flexibility index (Phi) is 32.1. The van der Waals surface area contributed by atoms with Crippen LogP contribution in [0.3, 0.4) is 0 Å². The van der Waals surface area contributed by atoms with E-state index in [1.165, 1.54) is 199 Å². The lowest BCUT2D eigenvalue weighted by Gasteiger charge is -2.22. The van der Waals surface area contributed by atoms with Crippen LogP contribution in [0, 0.1) is 5.92 Å². The number of rotatable bonds is 32. The second-order valence-electron chi connectivity index (χ2n) is 12.9. The van der Waals surface area contributed by atoms with Gasteiger partial charge in [0.15, 0.2) is 0 Å². The second-order valence-corrected chi connectivity index (χ2v) is 12.9. The van der Waals surface area contributed by atoms with Crippen molar-refractivity contribution in [2.45, 2.75) is 207 Å². The average Bonchev–Trinajstić information content (AvgIpc) is 2.89. The molecule has 0 aliphatic rings. The van der Waals surface area contributed by atoms with Gasteiger partial charge in [0.25, 0.3) is 0 Å². The summed E-state index contributed by atoms with van der Waals surface area (Å²) in [5, 5.41) is 0. The summed E-state index contributed by atoms with van der Waals surface area (Å²) in [6.45, 7) is 13.4. The Bertz CT molecular complexity index is 370. The average molecular weight is 522 g/mol. The molecule has 0 aromatic carbocycles. The first kappa shape index (κ1) is 37.0. The Morgan fingerprint density at radius 2 is 0.568 bits per heavy atom. The van der Waals surface area contributed by atoms with Gasteiger partial charge in [-0.1, -0.05) is 188 Å². The van der Waals surface area contributed by atoms with E-state index >= 15 is 0 Å². The van der Waals surface area contributed by atoms with Crippen molar-refractivity contribution in [1.29, 1.82) is 0 Å². The van der Waals surface area contributed by atoms with Crippen molar-refractivity contribution in [2.75, 3.05) is 19.6 Å². The first-order chi connectivity index (χ1) is 18.2. The smallest absolute Gasteiger partial charge is 0.00187 e. The molecule has 0 atom stereocenters. The third-order valence-electron chi connectivity index (χ3n) is 8.41. The molecule has 0 fully saturated rings. The molecule has 1 nitrogen and oxygen atoms in total. The molecule has 0 spiro atoms. The molecule has 0 amide bonds. The molecule has 0 rings (SSSR count). The maximum absolute atomic E-state index is 2.84. The van der Waals surface area contributed by atoms with E-state index in [9.17, 15) is 0 Å². The Morgan fingerprint density at radius 1 is 0.324 bits per heavy atom. The van der Waals surface area contributed by atoms with Crippen LogP contribution in [-0.4, -0.2) is 24.5 Å². The molecule has 0 saturated carbocycles. The van der Waals surface area contributed by atoms with Crippen molar-refractivity contribution in [2.24, 2.45) is 5.92 Å². The molecule has 224 valence electrons.